The zero-order valence-electron chi connectivity index (χ0n) is 8.23. The number of carbonyl (C=O) groups excluding carboxylic acids is 1. The Morgan fingerprint density at radius 3 is 1.83 bits per heavy atom. The third-order valence-corrected chi connectivity index (χ3v) is 0.902. The summed E-state index contributed by atoms with van der Waals surface area (Å²) in [4.78, 5) is 9.77. The topological polar surface area (TPSA) is 17.1 Å². The number of hydrogen-bond donors (Lipinski definition) is 0. The second-order valence-corrected chi connectivity index (χ2v) is 1.43. The van der Waals surface area contributed by atoms with Gasteiger partial charge in [0.1, 0.15) is 0 Å². The standard InChI is InChI=1S/C6H5O.4CH3.Co.2H/c7-5-6-3-1-2-4-6;;;;;;;/h1-3H,4H2;4*1H3;;;/q5*-1;;;. The first-order chi connectivity index (χ1) is 3.43. The molecule has 79 valence electrons. The summed E-state index contributed by atoms with van der Waals surface area (Å²) in [5.41, 5.74) is 0.750. The van der Waals surface area contributed by atoms with Gasteiger partial charge in [0.15, 0.2) is 0 Å². The molecule has 0 bridgehead atoms. The first-order valence-electron chi connectivity index (χ1n) is 2.17. The maximum absolute atomic E-state index is 9.77. The van der Waals surface area contributed by atoms with Crippen LogP contribution in [0.5, 0.6) is 0 Å². The second kappa shape index (κ2) is 17.0. The molecule has 12 heavy (non-hydrogen) atoms. The molecule has 0 fully saturated rings. The molecule has 0 atom stereocenters. The van der Waals surface area contributed by atoms with Crippen LogP contribution in [0.1, 0.15) is 6.42 Å². The molecule has 2 heteroatoms. The van der Waals surface area contributed by atoms with Gasteiger partial charge in [0.05, 0.1) is 0 Å². The van der Waals surface area contributed by atoms with Crippen molar-refractivity contribution < 1.29 is 21.6 Å². The zero-order chi connectivity index (χ0) is 5.11. The Kier molecular flexibility index (Phi) is 42.2. The Morgan fingerprint density at radius 2 is 1.67 bits per heavy atom. The van der Waals surface area contributed by atoms with Crippen LogP contribution in [0.4, 0.5) is 0 Å². The van der Waals surface area contributed by atoms with Crippen molar-refractivity contribution in [3.8, 4) is 0 Å². The molecule has 0 N–H and O–H groups in total. The van der Waals surface area contributed by atoms with Gasteiger partial charge in [-0.05, 0) is 12.7 Å². The Labute approximate surface area is 88.1 Å². The fraction of sp³-hybridized carbons (Fsp3) is 0.100. The third kappa shape index (κ3) is 9.66. The molecule has 0 unspecified atom stereocenters. The van der Waals surface area contributed by atoms with Gasteiger partial charge in [-0.3, -0.25) is 0 Å². The van der Waals surface area contributed by atoms with Crippen LogP contribution in [0.2, 0.25) is 0 Å². The average Bonchev–Trinajstić information content (AvgIpc) is 2.14. The van der Waals surface area contributed by atoms with E-state index >= 15 is 0 Å². The molecule has 0 heterocycles. The van der Waals surface area contributed by atoms with E-state index in [1.54, 1.807) is 6.08 Å². The van der Waals surface area contributed by atoms with E-state index in [9.17, 15) is 4.79 Å². The number of allylic oxidation sites excluding steroid dienone is 4. The van der Waals surface area contributed by atoms with Crippen LogP contribution >= 0.6 is 0 Å². The molecule has 1 aliphatic carbocycles. The van der Waals surface area contributed by atoms with Gasteiger partial charge in [-0.2, -0.15) is 5.57 Å². The van der Waals surface area contributed by atoms with Gasteiger partial charge in [-0.15, -0.1) is 12.2 Å². The molecule has 0 aromatic heterocycles. The monoisotopic (exact) mass is 214 g/mol. The minimum atomic E-state index is 0. The van der Waals surface area contributed by atoms with E-state index in [0.29, 0.717) is 0 Å². The van der Waals surface area contributed by atoms with Gasteiger partial charge in [0, 0.05) is 0 Å². The van der Waals surface area contributed by atoms with Crippen molar-refractivity contribution >= 4 is 6.29 Å². The fourth-order valence-corrected chi connectivity index (χ4v) is 0.523. The second-order valence-electron chi connectivity index (χ2n) is 1.43. The summed E-state index contributed by atoms with van der Waals surface area (Å²) in [6.07, 6.45) is 8.14. The predicted molar refractivity (Wildman–Crippen MR) is 56.0 cm³/mol. The molecule has 0 aromatic carbocycles. The van der Waals surface area contributed by atoms with Crippen LogP contribution in [-0.4, -0.2) is 6.29 Å². The van der Waals surface area contributed by atoms with Gasteiger partial charge >= 0.3 is 16.8 Å². The third-order valence-electron chi connectivity index (χ3n) is 0.902. The minimum absolute atomic E-state index is 0. The molecule has 1 rings (SSSR count). The Bertz CT molecular complexity index is 137. The molecule has 0 spiro atoms. The molecule has 0 amide bonds. The van der Waals surface area contributed by atoms with E-state index in [1.807, 2.05) is 18.4 Å². The molecular formula is C10H19CoO-5. The van der Waals surface area contributed by atoms with Gasteiger partial charge in [-0.1, -0.05) is 0 Å². The average molecular weight is 214 g/mol. The SMILES string of the molecule is O=[C-]C1=CC=CC1.[CH3-].[CH3-].[CH3-].[CH3-].[CoH2]. The summed E-state index contributed by atoms with van der Waals surface area (Å²) in [5, 5.41) is 0. The summed E-state index contributed by atoms with van der Waals surface area (Å²) in [6, 6.07) is 0. The van der Waals surface area contributed by atoms with E-state index in [2.05, 4.69) is 0 Å². The van der Waals surface area contributed by atoms with Crippen molar-refractivity contribution in [1.29, 1.82) is 0 Å². The molecule has 0 aromatic rings. The van der Waals surface area contributed by atoms with Crippen molar-refractivity contribution in [1.82, 2.24) is 0 Å². The Hall–Kier alpha value is -0.344. The molecule has 0 saturated carbocycles. The van der Waals surface area contributed by atoms with Crippen molar-refractivity contribution in [2.24, 2.45) is 0 Å². The van der Waals surface area contributed by atoms with Crippen LogP contribution < -0.4 is 0 Å². The van der Waals surface area contributed by atoms with Crippen molar-refractivity contribution in [2.45, 2.75) is 6.42 Å². The van der Waals surface area contributed by atoms with E-state index in [1.165, 1.54) is 0 Å². The first kappa shape index (κ1) is 29.9. The Balaban J connectivity index is -0.0000000327. The van der Waals surface area contributed by atoms with Crippen LogP contribution in [0.15, 0.2) is 23.8 Å². The molecule has 1 aliphatic rings. The summed E-state index contributed by atoms with van der Waals surface area (Å²) < 4.78 is 0. The van der Waals surface area contributed by atoms with E-state index < -0.39 is 0 Å². The van der Waals surface area contributed by atoms with Gasteiger partial charge in [-0.25, -0.2) is 6.08 Å². The number of hydrogen-bond acceptors (Lipinski definition) is 1. The van der Waals surface area contributed by atoms with Crippen molar-refractivity contribution in [3.05, 3.63) is 53.5 Å². The normalized spacial score (nSPS) is 9.83. The summed E-state index contributed by atoms with van der Waals surface area (Å²) in [7, 11) is 0. The summed E-state index contributed by atoms with van der Waals surface area (Å²) in [6.45, 7) is 0. The first-order valence-corrected chi connectivity index (χ1v) is 2.17. The molecule has 1 nitrogen and oxygen atoms in total. The summed E-state index contributed by atoms with van der Waals surface area (Å²) in [5.74, 6) is 0. The molecule has 0 aliphatic heterocycles. The molecule has 1 radical (unpaired) electrons. The van der Waals surface area contributed by atoms with E-state index in [-0.39, 0.29) is 46.5 Å². The number of rotatable bonds is 1. The van der Waals surface area contributed by atoms with E-state index in [4.69, 9.17) is 0 Å². The van der Waals surface area contributed by atoms with Crippen LogP contribution in [-0.2, 0) is 21.6 Å². The van der Waals surface area contributed by atoms with Crippen LogP contribution in [0, 0.1) is 29.7 Å². The van der Waals surface area contributed by atoms with Crippen molar-refractivity contribution in [2.75, 3.05) is 0 Å². The van der Waals surface area contributed by atoms with Crippen LogP contribution in [0.3, 0.4) is 0 Å². The fourth-order valence-electron chi connectivity index (χ4n) is 0.523. The summed E-state index contributed by atoms with van der Waals surface area (Å²) >= 11 is 0. The predicted octanol–water partition coefficient (Wildman–Crippen LogP) is 2.25. The molecular weight excluding hydrogens is 195 g/mol. The molecule has 0 saturated heterocycles. The van der Waals surface area contributed by atoms with Crippen molar-refractivity contribution in [3.63, 3.8) is 0 Å². The maximum atomic E-state index is 9.77. The van der Waals surface area contributed by atoms with Gasteiger partial charge in [0.2, 0.25) is 0 Å². The quantitative estimate of drug-likeness (QED) is 0.612. The van der Waals surface area contributed by atoms with Gasteiger partial charge < -0.3 is 34.5 Å². The Morgan fingerprint density at radius 1 is 1.17 bits per heavy atom. The van der Waals surface area contributed by atoms with Crippen LogP contribution in [0.25, 0.3) is 0 Å². The van der Waals surface area contributed by atoms with E-state index in [0.717, 1.165) is 12.0 Å². The van der Waals surface area contributed by atoms with Gasteiger partial charge in [0.25, 0.3) is 0 Å². The zero-order valence-corrected chi connectivity index (χ0v) is 9.41.